The number of rotatable bonds is 3. The van der Waals surface area contributed by atoms with E-state index in [0.717, 1.165) is 0 Å². The molecule has 8 heteroatoms. The maximum absolute atomic E-state index is 9.93. The monoisotopic (exact) mass is 295 g/mol. The van der Waals surface area contributed by atoms with Gasteiger partial charge < -0.3 is 20.5 Å². The summed E-state index contributed by atoms with van der Waals surface area (Å²) in [4.78, 5) is 12.9. The topological polar surface area (TPSA) is 110 Å². The molecule has 1 saturated carbocycles. The van der Waals surface area contributed by atoms with Crippen LogP contribution in [0.25, 0.3) is 11.2 Å². The summed E-state index contributed by atoms with van der Waals surface area (Å²) >= 11 is 1.43. The minimum Gasteiger partial charge on any atom is -0.396 e. The van der Waals surface area contributed by atoms with Crippen molar-refractivity contribution in [3.63, 3.8) is 0 Å². The number of imidazole rings is 1. The zero-order chi connectivity index (χ0) is 14.3. The molecular weight excluding hydrogens is 278 g/mol. The van der Waals surface area contributed by atoms with Gasteiger partial charge in [-0.1, -0.05) is 11.8 Å². The van der Waals surface area contributed by atoms with Crippen molar-refractivity contribution in [3.05, 3.63) is 6.33 Å². The van der Waals surface area contributed by atoms with E-state index < -0.39 is 6.10 Å². The fourth-order valence-corrected chi connectivity index (χ4v) is 3.14. The molecule has 0 unspecified atom stereocenters. The minimum atomic E-state index is -0.485. The highest BCUT2D eigenvalue weighted by Gasteiger charge is 2.34. The standard InChI is InChI=1S/C12H17N5O2S/c1-20-12-15-10(13)9-11(16-12)17(5-14-9)7-2-6(4-18)8(19)3-7/h5-8,18-19H,2-4H2,1H3,(H2,13,15,16)/t6-,7-,8+/m1/s1. The lowest BCUT2D eigenvalue weighted by Gasteiger charge is -2.12. The number of nitrogen functional groups attached to an aromatic ring is 1. The molecule has 0 saturated heterocycles. The number of aliphatic hydroxyl groups excluding tert-OH is 2. The van der Waals surface area contributed by atoms with Crippen molar-refractivity contribution in [3.8, 4) is 0 Å². The molecule has 2 heterocycles. The van der Waals surface area contributed by atoms with Crippen molar-refractivity contribution < 1.29 is 10.2 Å². The third-order valence-electron chi connectivity index (χ3n) is 3.87. The highest BCUT2D eigenvalue weighted by molar-refractivity contribution is 7.98. The second-order valence-corrected chi connectivity index (χ2v) is 5.83. The predicted molar refractivity (Wildman–Crippen MR) is 76.4 cm³/mol. The Kier molecular flexibility index (Phi) is 3.53. The molecule has 1 aliphatic carbocycles. The number of aliphatic hydroxyl groups is 2. The molecule has 20 heavy (non-hydrogen) atoms. The molecule has 0 aromatic carbocycles. The molecule has 1 fully saturated rings. The van der Waals surface area contributed by atoms with Crippen LogP contribution in [-0.2, 0) is 0 Å². The van der Waals surface area contributed by atoms with Crippen LogP contribution >= 0.6 is 11.8 Å². The minimum absolute atomic E-state index is 0.00250. The van der Waals surface area contributed by atoms with Crippen molar-refractivity contribution in [2.24, 2.45) is 5.92 Å². The van der Waals surface area contributed by atoms with Crippen LogP contribution in [0.2, 0.25) is 0 Å². The number of anilines is 1. The maximum Gasteiger partial charge on any atom is 0.191 e. The third kappa shape index (κ3) is 2.13. The highest BCUT2D eigenvalue weighted by Crippen LogP contribution is 2.36. The van der Waals surface area contributed by atoms with Gasteiger partial charge in [0, 0.05) is 18.6 Å². The van der Waals surface area contributed by atoms with Gasteiger partial charge in [-0.15, -0.1) is 0 Å². The molecule has 0 spiro atoms. The Morgan fingerprint density at radius 2 is 2.25 bits per heavy atom. The molecule has 0 amide bonds. The van der Waals surface area contributed by atoms with E-state index in [9.17, 15) is 10.2 Å². The summed E-state index contributed by atoms with van der Waals surface area (Å²) in [5.41, 5.74) is 7.18. The van der Waals surface area contributed by atoms with E-state index in [1.54, 1.807) is 6.33 Å². The Morgan fingerprint density at radius 3 is 2.90 bits per heavy atom. The van der Waals surface area contributed by atoms with Gasteiger partial charge in [-0.05, 0) is 19.1 Å². The first-order valence-corrected chi connectivity index (χ1v) is 7.69. The smallest absolute Gasteiger partial charge is 0.191 e. The average molecular weight is 295 g/mol. The molecular formula is C12H17N5O2S. The number of nitrogens with two attached hydrogens (primary N) is 1. The van der Waals surface area contributed by atoms with Gasteiger partial charge in [0.05, 0.1) is 12.4 Å². The van der Waals surface area contributed by atoms with Crippen LogP contribution < -0.4 is 5.73 Å². The summed E-state index contributed by atoms with van der Waals surface area (Å²) < 4.78 is 1.94. The Balaban J connectivity index is 2.02. The van der Waals surface area contributed by atoms with E-state index in [4.69, 9.17) is 5.73 Å². The second kappa shape index (κ2) is 5.19. The summed E-state index contributed by atoms with van der Waals surface area (Å²) in [7, 11) is 0. The van der Waals surface area contributed by atoms with Gasteiger partial charge in [0.1, 0.15) is 5.52 Å². The van der Waals surface area contributed by atoms with Crippen LogP contribution in [0.3, 0.4) is 0 Å². The van der Waals surface area contributed by atoms with Gasteiger partial charge in [0.25, 0.3) is 0 Å². The van der Waals surface area contributed by atoms with Gasteiger partial charge in [-0.3, -0.25) is 0 Å². The summed E-state index contributed by atoms with van der Waals surface area (Å²) in [5, 5.41) is 19.8. The number of aromatic nitrogens is 4. The number of hydrogen-bond acceptors (Lipinski definition) is 7. The SMILES string of the molecule is CSc1nc(N)c2ncn([C@@H]3C[C@H](CO)[C@@H](O)C3)c2n1. The first-order valence-electron chi connectivity index (χ1n) is 6.47. The molecule has 0 bridgehead atoms. The van der Waals surface area contributed by atoms with Gasteiger partial charge in [-0.25, -0.2) is 15.0 Å². The van der Waals surface area contributed by atoms with Crippen molar-refractivity contribution in [2.45, 2.75) is 30.1 Å². The normalized spacial score (nSPS) is 26.4. The van der Waals surface area contributed by atoms with Crippen LogP contribution in [0.4, 0.5) is 5.82 Å². The zero-order valence-corrected chi connectivity index (χ0v) is 11.9. The Bertz CT molecular complexity index is 632. The van der Waals surface area contributed by atoms with E-state index in [-0.39, 0.29) is 18.6 Å². The van der Waals surface area contributed by atoms with E-state index in [1.165, 1.54) is 11.8 Å². The molecule has 0 aliphatic heterocycles. The maximum atomic E-state index is 9.93. The molecule has 1 aliphatic rings. The first-order chi connectivity index (χ1) is 9.63. The fourth-order valence-electron chi connectivity index (χ4n) is 2.77. The van der Waals surface area contributed by atoms with Crippen molar-refractivity contribution in [1.29, 1.82) is 0 Å². The molecule has 108 valence electrons. The van der Waals surface area contributed by atoms with Gasteiger partial charge in [0.15, 0.2) is 16.6 Å². The van der Waals surface area contributed by atoms with Crippen molar-refractivity contribution in [1.82, 2.24) is 19.5 Å². The van der Waals surface area contributed by atoms with E-state index >= 15 is 0 Å². The predicted octanol–water partition coefficient (Wildman–Crippen LogP) is 0.435. The summed E-state index contributed by atoms with van der Waals surface area (Å²) in [6, 6.07) is 0.0798. The quantitative estimate of drug-likeness (QED) is 0.556. The molecule has 2 aromatic heterocycles. The van der Waals surface area contributed by atoms with Crippen LogP contribution in [0.15, 0.2) is 11.5 Å². The number of fused-ring (bicyclic) bond motifs is 1. The van der Waals surface area contributed by atoms with Crippen LogP contribution in [-0.4, -0.2) is 48.7 Å². The molecule has 7 nitrogen and oxygen atoms in total. The summed E-state index contributed by atoms with van der Waals surface area (Å²) in [5.74, 6) is 0.284. The van der Waals surface area contributed by atoms with Gasteiger partial charge in [0.2, 0.25) is 0 Å². The fraction of sp³-hybridized carbons (Fsp3) is 0.583. The second-order valence-electron chi connectivity index (χ2n) is 5.05. The van der Waals surface area contributed by atoms with Crippen LogP contribution in [0, 0.1) is 5.92 Å². The number of hydrogen-bond donors (Lipinski definition) is 3. The third-order valence-corrected chi connectivity index (χ3v) is 4.42. The highest BCUT2D eigenvalue weighted by atomic mass is 32.2. The molecule has 2 aromatic rings. The average Bonchev–Trinajstić information content (AvgIpc) is 3.01. The lowest BCUT2D eigenvalue weighted by Crippen LogP contribution is -2.16. The lowest BCUT2D eigenvalue weighted by atomic mass is 10.1. The Labute approximate surface area is 120 Å². The Hall–Kier alpha value is -1.38. The van der Waals surface area contributed by atoms with Gasteiger partial charge in [-0.2, -0.15) is 0 Å². The van der Waals surface area contributed by atoms with Crippen LogP contribution in [0.5, 0.6) is 0 Å². The van der Waals surface area contributed by atoms with Gasteiger partial charge >= 0.3 is 0 Å². The number of nitrogens with zero attached hydrogens (tertiary/aromatic N) is 4. The zero-order valence-electron chi connectivity index (χ0n) is 11.1. The van der Waals surface area contributed by atoms with Crippen LogP contribution in [0.1, 0.15) is 18.9 Å². The van der Waals surface area contributed by atoms with Crippen molar-refractivity contribution in [2.75, 3.05) is 18.6 Å². The van der Waals surface area contributed by atoms with E-state index in [2.05, 4.69) is 15.0 Å². The van der Waals surface area contributed by atoms with Crippen molar-refractivity contribution >= 4 is 28.7 Å². The van der Waals surface area contributed by atoms with E-state index in [0.29, 0.717) is 35.0 Å². The molecule has 4 N–H and O–H groups in total. The molecule has 0 radical (unpaired) electrons. The number of thioether (sulfide) groups is 1. The largest absolute Gasteiger partial charge is 0.396 e. The molecule has 3 atom stereocenters. The first kappa shape index (κ1) is 13.6. The lowest BCUT2D eigenvalue weighted by molar-refractivity contribution is 0.0906. The summed E-state index contributed by atoms with van der Waals surface area (Å²) in [6.07, 6.45) is 4.40. The molecule has 3 rings (SSSR count). The summed E-state index contributed by atoms with van der Waals surface area (Å²) in [6.45, 7) is -0.00250. The van der Waals surface area contributed by atoms with E-state index in [1.807, 2.05) is 10.8 Å². The Morgan fingerprint density at radius 1 is 1.45 bits per heavy atom.